The van der Waals surface area contributed by atoms with E-state index in [2.05, 4.69) is 10.1 Å². The normalized spacial score (nSPS) is 14.3. The zero-order valence-electron chi connectivity index (χ0n) is 11.2. The minimum atomic E-state index is -0.130. The molecule has 102 valence electrons. The summed E-state index contributed by atoms with van der Waals surface area (Å²) in [6, 6.07) is 9.76. The van der Waals surface area contributed by atoms with Crippen molar-refractivity contribution in [1.82, 2.24) is 10.1 Å². The van der Waals surface area contributed by atoms with Crippen LogP contribution in [-0.2, 0) is 17.6 Å². The van der Waals surface area contributed by atoms with Crippen LogP contribution >= 0.6 is 0 Å². The Labute approximate surface area is 112 Å². The van der Waals surface area contributed by atoms with Crippen LogP contribution in [0.15, 0.2) is 34.9 Å². The summed E-state index contributed by atoms with van der Waals surface area (Å²) in [6.07, 6.45) is 1.26. The first-order chi connectivity index (χ1) is 9.19. The highest BCUT2D eigenvalue weighted by Gasteiger charge is 2.14. The lowest BCUT2D eigenvalue weighted by Crippen LogP contribution is -2.13. The summed E-state index contributed by atoms with van der Waals surface area (Å²) >= 11 is 0. The molecule has 5 nitrogen and oxygen atoms in total. The van der Waals surface area contributed by atoms with Crippen molar-refractivity contribution in [1.29, 1.82) is 0 Å². The molecule has 0 aliphatic heterocycles. The van der Waals surface area contributed by atoms with Crippen LogP contribution < -0.4 is 5.73 Å². The van der Waals surface area contributed by atoms with Gasteiger partial charge in [-0.25, -0.2) is 0 Å². The van der Waals surface area contributed by atoms with Crippen LogP contribution in [0.4, 0.5) is 0 Å². The van der Waals surface area contributed by atoms with Gasteiger partial charge in [-0.2, -0.15) is 4.98 Å². The first-order valence-electron chi connectivity index (χ1n) is 6.34. The van der Waals surface area contributed by atoms with Crippen LogP contribution in [0.25, 0.3) is 0 Å². The largest absolute Gasteiger partial charge is 0.381 e. The van der Waals surface area contributed by atoms with Crippen molar-refractivity contribution >= 4 is 0 Å². The molecular weight excluding hydrogens is 242 g/mol. The van der Waals surface area contributed by atoms with E-state index < -0.39 is 0 Å². The third kappa shape index (κ3) is 3.87. The van der Waals surface area contributed by atoms with Crippen molar-refractivity contribution in [3.8, 4) is 0 Å². The summed E-state index contributed by atoms with van der Waals surface area (Å²) in [6.45, 7) is 1.96. The summed E-state index contributed by atoms with van der Waals surface area (Å²) in [7, 11) is 1.66. The SMILES string of the molecule is COC(C)Cc1noc(CC(N)c2ccccc2)n1. The fourth-order valence-corrected chi connectivity index (χ4v) is 1.80. The Hall–Kier alpha value is -1.72. The number of aromatic nitrogens is 2. The minimum Gasteiger partial charge on any atom is -0.381 e. The second-order valence-corrected chi connectivity index (χ2v) is 4.58. The van der Waals surface area contributed by atoms with E-state index in [1.807, 2.05) is 37.3 Å². The summed E-state index contributed by atoms with van der Waals surface area (Å²) in [5.74, 6) is 1.22. The molecule has 19 heavy (non-hydrogen) atoms. The van der Waals surface area contributed by atoms with Gasteiger partial charge in [0, 0.05) is 26.0 Å². The third-order valence-corrected chi connectivity index (χ3v) is 3.00. The van der Waals surface area contributed by atoms with Gasteiger partial charge in [0.15, 0.2) is 5.82 Å². The zero-order chi connectivity index (χ0) is 13.7. The lowest BCUT2D eigenvalue weighted by atomic mass is 10.1. The van der Waals surface area contributed by atoms with Crippen molar-refractivity contribution in [2.45, 2.75) is 31.9 Å². The molecule has 2 aromatic rings. The Morgan fingerprint density at radius 3 is 2.68 bits per heavy atom. The standard InChI is InChI=1S/C14H19N3O2/c1-10(18-2)8-13-16-14(19-17-13)9-12(15)11-6-4-3-5-7-11/h3-7,10,12H,8-9,15H2,1-2H3. The molecular formula is C14H19N3O2. The number of nitrogens with two attached hydrogens (primary N) is 1. The van der Waals surface area contributed by atoms with Gasteiger partial charge in [0.05, 0.1) is 6.10 Å². The van der Waals surface area contributed by atoms with Crippen molar-refractivity contribution in [2.24, 2.45) is 5.73 Å². The molecule has 0 amide bonds. The van der Waals surface area contributed by atoms with Crippen molar-refractivity contribution < 1.29 is 9.26 Å². The molecule has 0 fully saturated rings. The number of ether oxygens (including phenoxy) is 1. The highest BCUT2D eigenvalue weighted by molar-refractivity contribution is 5.19. The Bertz CT molecular complexity index is 498. The van der Waals surface area contributed by atoms with Crippen LogP contribution in [0, 0.1) is 0 Å². The lowest BCUT2D eigenvalue weighted by molar-refractivity contribution is 0.116. The fourth-order valence-electron chi connectivity index (χ4n) is 1.80. The van der Waals surface area contributed by atoms with Crippen molar-refractivity contribution in [3.63, 3.8) is 0 Å². The maximum Gasteiger partial charge on any atom is 0.228 e. The molecule has 1 aromatic carbocycles. The molecule has 0 bridgehead atoms. The molecule has 0 spiro atoms. The van der Waals surface area contributed by atoms with E-state index in [1.165, 1.54) is 0 Å². The fraction of sp³-hybridized carbons (Fsp3) is 0.429. The van der Waals surface area contributed by atoms with Crippen LogP contribution in [-0.4, -0.2) is 23.4 Å². The Kier molecular flexibility index (Phi) is 4.65. The molecule has 0 radical (unpaired) electrons. The van der Waals surface area contributed by atoms with Gasteiger partial charge in [-0.3, -0.25) is 0 Å². The van der Waals surface area contributed by atoms with Crippen molar-refractivity contribution in [3.05, 3.63) is 47.6 Å². The van der Waals surface area contributed by atoms with Crippen LogP contribution in [0.5, 0.6) is 0 Å². The molecule has 0 aliphatic rings. The maximum absolute atomic E-state index is 6.11. The second-order valence-electron chi connectivity index (χ2n) is 4.58. The number of nitrogens with zero attached hydrogens (tertiary/aromatic N) is 2. The highest BCUT2D eigenvalue weighted by atomic mass is 16.5. The predicted molar refractivity (Wildman–Crippen MR) is 71.5 cm³/mol. The van der Waals surface area contributed by atoms with E-state index in [0.717, 1.165) is 5.56 Å². The summed E-state index contributed by atoms with van der Waals surface area (Å²) in [5, 5.41) is 3.93. The Morgan fingerprint density at radius 1 is 1.26 bits per heavy atom. The third-order valence-electron chi connectivity index (χ3n) is 3.00. The van der Waals surface area contributed by atoms with E-state index in [0.29, 0.717) is 24.6 Å². The van der Waals surface area contributed by atoms with Gasteiger partial charge in [-0.05, 0) is 12.5 Å². The molecule has 2 rings (SSSR count). The molecule has 0 saturated heterocycles. The molecule has 1 heterocycles. The lowest BCUT2D eigenvalue weighted by Gasteiger charge is -2.08. The van der Waals surface area contributed by atoms with Crippen LogP contribution in [0.1, 0.15) is 30.2 Å². The number of rotatable bonds is 6. The monoisotopic (exact) mass is 261 g/mol. The van der Waals surface area contributed by atoms with E-state index in [-0.39, 0.29) is 12.1 Å². The second kappa shape index (κ2) is 6.45. The van der Waals surface area contributed by atoms with Gasteiger partial charge in [0.25, 0.3) is 0 Å². The smallest absolute Gasteiger partial charge is 0.228 e. The van der Waals surface area contributed by atoms with Crippen LogP contribution in [0.3, 0.4) is 0 Å². The van der Waals surface area contributed by atoms with Gasteiger partial charge in [0.1, 0.15) is 0 Å². The zero-order valence-corrected chi connectivity index (χ0v) is 11.2. The average Bonchev–Trinajstić information content (AvgIpc) is 2.86. The molecule has 1 aromatic heterocycles. The quantitative estimate of drug-likeness (QED) is 0.859. The predicted octanol–water partition coefficient (Wildman–Crippen LogP) is 1.89. The summed E-state index contributed by atoms with van der Waals surface area (Å²) < 4.78 is 10.4. The molecule has 5 heteroatoms. The molecule has 0 aliphatic carbocycles. The van der Waals surface area contributed by atoms with E-state index in [1.54, 1.807) is 7.11 Å². The highest BCUT2D eigenvalue weighted by Crippen LogP contribution is 2.15. The minimum absolute atomic E-state index is 0.0771. The number of hydrogen-bond donors (Lipinski definition) is 1. The van der Waals surface area contributed by atoms with Crippen LogP contribution in [0.2, 0.25) is 0 Å². The number of benzene rings is 1. The van der Waals surface area contributed by atoms with Gasteiger partial charge >= 0.3 is 0 Å². The maximum atomic E-state index is 6.11. The van der Waals surface area contributed by atoms with E-state index >= 15 is 0 Å². The van der Waals surface area contributed by atoms with Gasteiger partial charge in [-0.1, -0.05) is 35.5 Å². The topological polar surface area (TPSA) is 74.2 Å². The van der Waals surface area contributed by atoms with Crippen molar-refractivity contribution in [2.75, 3.05) is 7.11 Å². The Morgan fingerprint density at radius 2 is 2.00 bits per heavy atom. The van der Waals surface area contributed by atoms with Gasteiger partial charge in [-0.15, -0.1) is 0 Å². The summed E-state index contributed by atoms with van der Waals surface area (Å²) in [4.78, 5) is 4.33. The number of hydrogen-bond acceptors (Lipinski definition) is 5. The van der Waals surface area contributed by atoms with Gasteiger partial charge < -0.3 is 15.0 Å². The molecule has 0 saturated carbocycles. The molecule has 2 atom stereocenters. The summed E-state index contributed by atoms with van der Waals surface area (Å²) in [5.41, 5.74) is 7.17. The number of methoxy groups -OCH3 is 1. The van der Waals surface area contributed by atoms with E-state index in [9.17, 15) is 0 Å². The first-order valence-corrected chi connectivity index (χ1v) is 6.34. The van der Waals surface area contributed by atoms with E-state index in [4.69, 9.17) is 15.0 Å². The molecule has 2 N–H and O–H groups in total. The Balaban J connectivity index is 1.96. The van der Waals surface area contributed by atoms with Gasteiger partial charge in [0.2, 0.25) is 5.89 Å². The average molecular weight is 261 g/mol. The first kappa shape index (κ1) is 13.7. The molecule has 2 unspecified atom stereocenters.